The molecule has 0 unspecified atom stereocenters. The lowest BCUT2D eigenvalue weighted by Gasteiger charge is -2.15. The van der Waals surface area contributed by atoms with E-state index in [4.69, 9.17) is 5.73 Å². The van der Waals surface area contributed by atoms with Gasteiger partial charge in [0.05, 0.1) is 0 Å². The number of nitrogen functional groups attached to an aromatic ring is 1. The Bertz CT molecular complexity index is 678. The fraction of sp³-hybridized carbons (Fsp3) is 0.222. The molecule has 0 heterocycles. The number of carbonyl (C=O) groups is 2. The van der Waals surface area contributed by atoms with Crippen LogP contribution in [0, 0.1) is 0 Å². The van der Waals surface area contributed by atoms with Crippen LogP contribution in [-0.2, 0) is 16.0 Å². The van der Waals surface area contributed by atoms with Gasteiger partial charge in [-0.15, -0.1) is 0 Å². The molecule has 0 aromatic heterocycles. The number of nitrogens with one attached hydrogen (secondary N) is 1. The van der Waals surface area contributed by atoms with Gasteiger partial charge in [-0.25, -0.2) is 0 Å². The van der Waals surface area contributed by atoms with Crippen molar-refractivity contribution in [2.45, 2.75) is 19.8 Å². The molecule has 2 rings (SSSR count). The van der Waals surface area contributed by atoms with Crippen LogP contribution >= 0.6 is 0 Å². The lowest BCUT2D eigenvalue weighted by Crippen LogP contribution is -2.22. The molecule has 0 aliphatic heterocycles. The fourth-order valence-electron chi connectivity index (χ4n) is 2.12. The van der Waals surface area contributed by atoms with Crippen LogP contribution in [0.4, 0.5) is 17.1 Å². The number of hydrogen-bond acceptors (Lipinski definition) is 3. The van der Waals surface area contributed by atoms with Crippen LogP contribution in [0.5, 0.6) is 0 Å². The summed E-state index contributed by atoms with van der Waals surface area (Å²) in [6.45, 7) is 1.51. The second-order valence-electron chi connectivity index (χ2n) is 5.41. The number of carbonyl (C=O) groups excluding carboxylic acids is 2. The fourth-order valence-corrected chi connectivity index (χ4v) is 2.12. The molecule has 0 atom stereocenters. The molecular formula is C18H21N3O2. The predicted octanol–water partition coefficient (Wildman–Crippen LogP) is 2.82. The Labute approximate surface area is 136 Å². The van der Waals surface area contributed by atoms with Gasteiger partial charge in [-0.05, 0) is 48.4 Å². The van der Waals surface area contributed by atoms with Crippen molar-refractivity contribution in [2.75, 3.05) is 23.0 Å². The standard InChI is InChI=1S/C18H21N3O2/c1-13(22)21(2)17-10-8-16(9-11-17)20-18(23)12-5-14-3-6-15(19)7-4-14/h3-4,6-11H,5,12,19H2,1-2H3,(H,20,23). The van der Waals surface area contributed by atoms with Crippen molar-refractivity contribution < 1.29 is 9.59 Å². The van der Waals surface area contributed by atoms with E-state index in [0.29, 0.717) is 24.2 Å². The first-order valence-electron chi connectivity index (χ1n) is 7.44. The summed E-state index contributed by atoms with van der Waals surface area (Å²) in [5.41, 5.74) is 8.93. The topological polar surface area (TPSA) is 75.4 Å². The summed E-state index contributed by atoms with van der Waals surface area (Å²) in [5, 5.41) is 2.85. The monoisotopic (exact) mass is 311 g/mol. The zero-order valence-electron chi connectivity index (χ0n) is 13.4. The molecule has 2 aromatic rings. The molecule has 0 fully saturated rings. The zero-order chi connectivity index (χ0) is 16.8. The van der Waals surface area contributed by atoms with E-state index in [1.165, 1.54) is 6.92 Å². The van der Waals surface area contributed by atoms with E-state index in [2.05, 4.69) is 5.32 Å². The minimum Gasteiger partial charge on any atom is -0.399 e. The largest absolute Gasteiger partial charge is 0.399 e. The van der Waals surface area contributed by atoms with E-state index in [9.17, 15) is 9.59 Å². The minimum atomic E-state index is -0.0468. The Hall–Kier alpha value is -2.82. The number of rotatable bonds is 5. The summed E-state index contributed by atoms with van der Waals surface area (Å²) in [4.78, 5) is 24.8. The summed E-state index contributed by atoms with van der Waals surface area (Å²) in [5.74, 6) is -0.0835. The molecule has 0 spiro atoms. The summed E-state index contributed by atoms with van der Waals surface area (Å²) in [6.07, 6.45) is 1.07. The van der Waals surface area contributed by atoms with Gasteiger partial charge >= 0.3 is 0 Å². The number of anilines is 3. The van der Waals surface area contributed by atoms with E-state index in [1.807, 2.05) is 24.3 Å². The second-order valence-corrected chi connectivity index (χ2v) is 5.41. The van der Waals surface area contributed by atoms with E-state index >= 15 is 0 Å². The average Bonchev–Trinajstić information content (AvgIpc) is 2.54. The van der Waals surface area contributed by atoms with Crippen molar-refractivity contribution in [3.8, 4) is 0 Å². The van der Waals surface area contributed by atoms with Gasteiger partial charge in [0.2, 0.25) is 11.8 Å². The molecule has 2 aromatic carbocycles. The van der Waals surface area contributed by atoms with Crippen LogP contribution in [0.15, 0.2) is 48.5 Å². The van der Waals surface area contributed by atoms with Gasteiger partial charge in [0.1, 0.15) is 0 Å². The summed E-state index contributed by atoms with van der Waals surface area (Å²) >= 11 is 0. The first kappa shape index (κ1) is 16.5. The van der Waals surface area contributed by atoms with Crippen molar-refractivity contribution in [3.63, 3.8) is 0 Å². The number of nitrogens with two attached hydrogens (primary N) is 1. The molecule has 0 saturated heterocycles. The lowest BCUT2D eigenvalue weighted by molar-refractivity contribution is -0.117. The van der Waals surface area contributed by atoms with Gasteiger partial charge in [-0.1, -0.05) is 12.1 Å². The summed E-state index contributed by atoms with van der Waals surface area (Å²) in [6, 6.07) is 14.7. The first-order chi connectivity index (χ1) is 11.0. The Balaban J connectivity index is 1.87. The van der Waals surface area contributed by atoms with Gasteiger partial charge in [0.25, 0.3) is 0 Å². The van der Waals surface area contributed by atoms with E-state index in [-0.39, 0.29) is 11.8 Å². The molecule has 5 nitrogen and oxygen atoms in total. The number of hydrogen-bond donors (Lipinski definition) is 2. The maximum absolute atomic E-state index is 12.0. The third kappa shape index (κ3) is 4.85. The molecule has 120 valence electrons. The van der Waals surface area contributed by atoms with Gasteiger partial charge < -0.3 is 16.0 Å². The highest BCUT2D eigenvalue weighted by atomic mass is 16.2. The van der Waals surface area contributed by atoms with Crippen LogP contribution in [0.25, 0.3) is 0 Å². The Kier molecular flexibility index (Phi) is 5.36. The normalized spacial score (nSPS) is 10.2. The van der Waals surface area contributed by atoms with Crippen LogP contribution in [0.2, 0.25) is 0 Å². The summed E-state index contributed by atoms with van der Waals surface area (Å²) in [7, 11) is 1.71. The Morgan fingerprint density at radius 1 is 1.04 bits per heavy atom. The van der Waals surface area contributed by atoms with E-state index in [0.717, 1.165) is 11.3 Å². The van der Waals surface area contributed by atoms with Gasteiger partial charge in [0, 0.05) is 37.5 Å². The molecule has 0 aliphatic rings. The maximum atomic E-state index is 12.0. The zero-order valence-corrected chi connectivity index (χ0v) is 13.4. The number of aryl methyl sites for hydroxylation is 1. The molecular weight excluding hydrogens is 290 g/mol. The number of amides is 2. The molecule has 0 bridgehead atoms. The van der Waals surface area contributed by atoms with Crippen molar-refractivity contribution in [3.05, 3.63) is 54.1 Å². The number of nitrogens with zero attached hydrogens (tertiary/aromatic N) is 1. The Morgan fingerprint density at radius 3 is 2.22 bits per heavy atom. The number of benzene rings is 2. The predicted molar refractivity (Wildman–Crippen MR) is 93.3 cm³/mol. The van der Waals surface area contributed by atoms with Crippen LogP contribution in [0.1, 0.15) is 18.9 Å². The lowest BCUT2D eigenvalue weighted by atomic mass is 10.1. The van der Waals surface area contributed by atoms with Crippen molar-refractivity contribution in [2.24, 2.45) is 0 Å². The molecule has 5 heteroatoms. The molecule has 2 amide bonds. The maximum Gasteiger partial charge on any atom is 0.224 e. The van der Waals surface area contributed by atoms with Gasteiger partial charge in [-0.2, -0.15) is 0 Å². The molecule has 23 heavy (non-hydrogen) atoms. The average molecular weight is 311 g/mol. The summed E-state index contributed by atoms with van der Waals surface area (Å²) < 4.78 is 0. The van der Waals surface area contributed by atoms with Gasteiger partial charge in [0.15, 0.2) is 0 Å². The van der Waals surface area contributed by atoms with Crippen LogP contribution < -0.4 is 16.0 Å². The third-order valence-corrected chi connectivity index (χ3v) is 3.63. The van der Waals surface area contributed by atoms with Crippen LogP contribution in [-0.4, -0.2) is 18.9 Å². The van der Waals surface area contributed by atoms with Crippen molar-refractivity contribution in [1.82, 2.24) is 0 Å². The molecule has 0 saturated carbocycles. The second kappa shape index (κ2) is 7.45. The quantitative estimate of drug-likeness (QED) is 0.834. The van der Waals surface area contributed by atoms with Crippen molar-refractivity contribution in [1.29, 1.82) is 0 Å². The highest BCUT2D eigenvalue weighted by Gasteiger charge is 2.07. The molecule has 0 aliphatic carbocycles. The highest BCUT2D eigenvalue weighted by molar-refractivity contribution is 5.93. The van der Waals surface area contributed by atoms with E-state index in [1.54, 1.807) is 36.2 Å². The van der Waals surface area contributed by atoms with Crippen LogP contribution in [0.3, 0.4) is 0 Å². The minimum absolute atomic E-state index is 0.0368. The molecule has 0 radical (unpaired) electrons. The van der Waals surface area contributed by atoms with Gasteiger partial charge in [-0.3, -0.25) is 9.59 Å². The Morgan fingerprint density at radius 2 is 1.65 bits per heavy atom. The third-order valence-electron chi connectivity index (χ3n) is 3.63. The molecule has 3 N–H and O–H groups in total. The van der Waals surface area contributed by atoms with Crippen molar-refractivity contribution >= 4 is 28.9 Å². The SMILES string of the molecule is CC(=O)N(C)c1ccc(NC(=O)CCc2ccc(N)cc2)cc1. The highest BCUT2D eigenvalue weighted by Crippen LogP contribution is 2.17. The smallest absolute Gasteiger partial charge is 0.224 e. The van der Waals surface area contributed by atoms with E-state index < -0.39 is 0 Å². The first-order valence-corrected chi connectivity index (χ1v) is 7.44.